The van der Waals surface area contributed by atoms with Crippen LogP contribution in [0.5, 0.6) is 0 Å². The predicted molar refractivity (Wildman–Crippen MR) is 140 cm³/mol. The van der Waals surface area contributed by atoms with Gasteiger partial charge in [-0.15, -0.1) is 35.3 Å². The van der Waals surface area contributed by atoms with Crippen molar-refractivity contribution in [1.82, 2.24) is 25.0 Å². The normalized spacial score (nSPS) is 18.3. The van der Waals surface area contributed by atoms with Gasteiger partial charge < -0.3 is 15.1 Å². The Bertz CT molecular complexity index is 718. The highest BCUT2D eigenvalue weighted by Gasteiger charge is 2.24. The van der Waals surface area contributed by atoms with E-state index in [1.807, 2.05) is 4.90 Å². The molecule has 7 nitrogen and oxygen atoms in total. The number of piperazine rings is 1. The summed E-state index contributed by atoms with van der Waals surface area (Å²) in [6.45, 7) is 16.4. The van der Waals surface area contributed by atoms with Crippen LogP contribution in [0.3, 0.4) is 0 Å². The minimum Gasteiger partial charge on any atom is -0.357 e. The van der Waals surface area contributed by atoms with Gasteiger partial charge in [-0.2, -0.15) is 0 Å². The first-order valence-electron chi connectivity index (χ1n) is 11.3. The van der Waals surface area contributed by atoms with Crippen molar-refractivity contribution in [1.29, 1.82) is 0 Å². The Balaban J connectivity index is 0.00000341. The number of hydrogen-bond acceptors (Lipinski definition) is 5. The van der Waals surface area contributed by atoms with E-state index < -0.39 is 0 Å². The molecule has 3 rings (SSSR count). The lowest BCUT2D eigenvalue weighted by Crippen LogP contribution is -2.54. The monoisotopic (exact) mass is 562 g/mol. The lowest BCUT2D eigenvalue weighted by atomic mass is 9.93. The van der Waals surface area contributed by atoms with Crippen molar-refractivity contribution in [2.75, 3.05) is 58.9 Å². The summed E-state index contributed by atoms with van der Waals surface area (Å²) in [4.78, 5) is 28.7. The highest BCUT2D eigenvalue weighted by Crippen LogP contribution is 2.24. The maximum absolute atomic E-state index is 12.4. The predicted octanol–water partition coefficient (Wildman–Crippen LogP) is 2.81. The molecule has 0 aliphatic carbocycles. The molecule has 0 atom stereocenters. The SMILES string of the molecule is CCNC(=NCCc1nc(C(C)(C)C)cs1)N1CCN(CC(=O)N2CCCC2)CC1.I. The van der Waals surface area contributed by atoms with Crippen LogP contribution in [-0.4, -0.2) is 90.5 Å². The number of amides is 1. The molecule has 9 heteroatoms. The number of likely N-dealkylation sites (tertiary alicyclic amines) is 1. The fourth-order valence-electron chi connectivity index (χ4n) is 3.83. The number of thiazole rings is 1. The van der Waals surface area contributed by atoms with Crippen LogP contribution in [0.15, 0.2) is 10.4 Å². The number of aliphatic imine (C=N–C) groups is 1. The Labute approximate surface area is 208 Å². The molecule has 1 N–H and O–H groups in total. The first-order valence-corrected chi connectivity index (χ1v) is 12.2. The van der Waals surface area contributed by atoms with E-state index >= 15 is 0 Å². The van der Waals surface area contributed by atoms with Crippen LogP contribution in [0.2, 0.25) is 0 Å². The van der Waals surface area contributed by atoms with Gasteiger partial charge in [-0.05, 0) is 19.8 Å². The minimum atomic E-state index is 0. The number of aromatic nitrogens is 1. The third-order valence-corrected chi connectivity index (χ3v) is 6.64. The van der Waals surface area contributed by atoms with Gasteiger partial charge in [0.25, 0.3) is 0 Å². The van der Waals surface area contributed by atoms with Crippen molar-refractivity contribution in [3.63, 3.8) is 0 Å². The smallest absolute Gasteiger partial charge is 0.236 e. The van der Waals surface area contributed by atoms with Crippen molar-refractivity contribution in [2.24, 2.45) is 4.99 Å². The Hall–Kier alpha value is -0.940. The number of nitrogens with one attached hydrogen (secondary N) is 1. The van der Waals surface area contributed by atoms with Crippen molar-refractivity contribution in [3.8, 4) is 0 Å². The van der Waals surface area contributed by atoms with Crippen LogP contribution >= 0.6 is 35.3 Å². The molecule has 2 saturated heterocycles. The van der Waals surface area contributed by atoms with Gasteiger partial charge in [0.15, 0.2) is 5.96 Å². The molecule has 3 heterocycles. The average molecular weight is 563 g/mol. The van der Waals surface area contributed by atoms with Crippen LogP contribution in [-0.2, 0) is 16.6 Å². The van der Waals surface area contributed by atoms with Crippen LogP contribution in [0, 0.1) is 0 Å². The Kier molecular flexibility index (Phi) is 10.5. The van der Waals surface area contributed by atoms with Crippen LogP contribution in [0.4, 0.5) is 0 Å². The number of hydrogen-bond donors (Lipinski definition) is 1. The van der Waals surface area contributed by atoms with Crippen molar-refractivity contribution in [3.05, 3.63) is 16.1 Å². The summed E-state index contributed by atoms with van der Waals surface area (Å²) in [7, 11) is 0. The third-order valence-electron chi connectivity index (χ3n) is 5.73. The Morgan fingerprint density at radius 1 is 1.13 bits per heavy atom. The van der Waals surface area contributed by atoms with Crippen LogP contribution < -0.4 is 5.32 Å². The highest BCUT2D eigenvalue weighted by molar-refractivity contribution is 14.0. The minimum absolute atomic E-state index is 0. The number of rotatable bonds is 6. The van der Waals surface area contributed by atoms with E-state index in [1.165, 1.54) is 0 Å². The van der Waals surface area contributed by atoms with Gasteiger partial charge in [-0.3, -0.25) is 14.7 Å². The summed E-state index contributed by atoms with van der Waals surface area (Å²) >= 11 is 1.74. The number of carbonyl (C=O) groups excluding carboxylic acids is 1. The van der Waals surface area contributed by atoms with Gasteiger partial charge in [0.1, 0.15) is 0 Å². The maximum Gasteiger partial charge on any atom is 0.236 e. The molecular formula is C22H39IN6OS. The summed E-state index contributed by atoms with van der Waals surface area (Å²) in [5.74, 6) is 1.27. The second-order valence-electron chi connectivity index (χ2n) is 9.21. The van der Waals surface area contributed by atoms with Gasteiger partial charge in [0.05, 0.1) is 17.2 Å². The Morgan fingerprint density at radius 3 is 2.39 bits per heavy atom. The van der Waals surface area contributed by atoms with E-state index in [-0.39, 0.29) is 29.4 Å². The van der Waals surface area contributed by atoms with E-state index in [0.717, 1.165) is 88.3 Å². The van der Waals surface area contributed by atoms with Crippen LogP contribution in [0.25, 0.3) is 0 Å². The molecule has 1 aromatic rings. The summed E-state index contributed by atoms with van der Waals surface area (Å²) in [6, 6.07) is 0. The molecule has 176 valence electrons. The van der Waals surface area contributed by atoms with Crippen molar-refractivity contribution < 1.29 is 4.79 Å². The standard InChI is InChI=1S/C22H38N6OS.HI/c1-5-23-21(24-9-8-19-25-18(17-30-19)22(2,3)4)28-14-12-26(13-15-28)16-20(29)27-10-6-7-11-27;/h17H,5-16H2,1-4H3,(H,23,24);1H. The lowest BCUT2D eigenvalue weighted by Gasteiger charge is -2.36. The molecule has 2 fully saturated rings. The zero-order chi connectivity index (χ0) is 21.6. The molecule has 0 aromatic carbocycles. The molecule has 0 bridgehead atoms. The summed E-state index contributed by atoms with van der Waals surface area (Å²) in [6.07, 6.45) is 3.18. The second-order valence-corrected chi connectivity index (χ2v) is 10.2. The lowest BCUT2D eigenvalue weighted by molar-refractivity contribution is -0.131. The molecule has 2 aliphatic rings. The zero-order valence-corrected chi connectivity index (χ0v) is 22.7. The first-order chi connectivity index (χ1) is 14.4. The molecule has 1 aromatic heterocycles. The molecule has 2 aliphatic heterocycles. The quantitative estimate of drug-likeness (QED) is 0.328. The summed E-state index contributed by atoms with van der Waals surface area (Å²) in [5, 5.41) is 6.76. The highest BCUT2D eigenvalue weighted by atomic mass is 127. The van der Waals surface area contributed by atoms with Crippen molar-refractivity contribution in [2.45, 2.75) is 52.4 Å². The van der Waals surface area contributed by atoms with Gasteiger partial charge >= 0.3 is 0 Å². The Morgan fingerprint density at radius 2 is 1.81 bits per heavy atom. The topological polar surface area (TPSA) is 64.1 Å². The van der Waals surface area contributed by atoms with Gasteiger partial charge in [-0.1, -0.05) is 20.8 Å². The van der Waals surface area contributed by atoms with E-state index in [9.17, 15) is 4.79 Å². The maximum atomic E-state index is 12.4. The van der Waals surface area contributed by atoms with Crippen LogP contribution in [0.1, 0.15) is 51.2 Å². The number of halogens is 1. The van der Waals surface area contributed by atoms with Crippen molar-refractivity contribution >= 4 is 47.2 Å². The average Bonchev–Trinajstić information content (AvgIpc) is 3.40. The van der Waals surface area contributed by atoms with E-state index in [1.54, 1.807) is 11.3 Å². The molecule has 0 saturated carbocycles. The first kappa shape index (κ1) is 26.3. The molecular weight excluding hydrogens is 523 g/mol. The molecule has 31 heavy (non-hydrogen) atoms. The molecule has 0 unspecified atom stereocenters. The number of carbonyl (C=O) groups is 1. The second kappa shape index (κ2) is 12.3. The van der Waals surface area contributed by atoms with E-state index in [4.69, 9.17) is 9.98 Å². The van der Waals surface area contributed by atoms with Gasteiger partial charge in [-0.25, -0.2) is 4.98 Å². The van der Waals surface area contributed by atoms with Gasteiger partial charge in [0, 0.05) is 69.6 Å². The van der Waals surface area contributed by atoms with E-state index in [2.05, 4.69) is 48.2 Å². The number of nitrogens with zero attached hydrogens (tertiary/aromatic N) is 5. The summed E-state index contributed by atoms with van der Waals surface area (Å²) in [5.41, 5.74) is 1.26. The molecule has 1 amide bonds. The molecule has 0 spiro atoms. The van der Waals surface area contributed by atoms with E-state index in [0.29, 0.717) is 12.5 Å². The largest absolute Gasteiger partial charge is 0.357 e. The fourth-order valence-corrected chi connectivity index (χ4v) is 4.84. The molecule has 0 radical (unpaired) electrons. The third kappa shape index (κ3) is 7.85. The van der Waals surface area contributed by atoms with Gasteiger partial charge in [0.2, 0.25) is 5.91 Å². The summed E-state index contributed by atoms with van der Waals surface area (Å²) < 4.78 is 0. The number of guanidine groups is 1. The zero-order valence-electron chi connectivity index (χ0n) is 19.5. The fraction of sp³-hybridized carbons (Fsp3) is 0.773.